The van der Waals surface area contributed by atoms with Gasteiger partial charge in [0.25, 0.3) is 0 Å². The SMILES string of the molecule is CC(=O)OCC1O[C@@H](NS(=O)(=O)c2ccccc2)[C@@H](OC(C)=O)C(n2cc(-c3cccc(F)c3)nn2)[C@H]1OC(C)=O. The average Bonchev–Trinajstić information content (AvgIpc) is 3.39. The third-order valence-electron chi connectivity index (χ3n) is 5.98. The first-order valence-corrected chi connectivity index (χ1v) is 13.8. The molecule has 1 aliphatic heterocycles. The second-order valence-corrected chi connectivity index (χ2v) is 10.8. The molecule has 1 N–H and O–H groups in total. The van der Waals surface area contributed by atoms with Crippen LogP contribution in [-0.4, -0.2) is 72.5 Å². The zero-order valence-electron chi connectivity index (χ0n) is 22.2. The van der Waals surface area contributed by atoms with E-state index in [1.807, 2.05) is 0 Å². The van der Waals surface area contributed by atoms with Crippen molar-refractivity contribution < 1.29 is 46.1 Å². The van der Waals surface area contributed by atoms with E-state index in [1.165, 1.54) is 53.3 Å². The second kappa shape index (κ2) is 12.5. The number of carbonyl (C=O) groups excluding carboxylic acids is 3. The summed E-state index contributed by atoms with van der Waals surface area (Å²) in [5.41, 5.74) is 0.589. The fourth-order valence-electron chi connectivity index (χ4n) is 4.34. The number of benzene rings is 2. The largest absolute Gasteiger partial charge is 0.463 e. The summed E-state index contributed by atoms with van der Waals surface area (Å²) >= 11 is 0. The summed E-state index contributed by atoms with van der Waals surface area (Å²) in [5, 5.41) is 8.18. The van der Waals surface area contributed by atoms with Gasteiger partial charge in [0.05, 0.1) is 11.1 Å². The van der Waals surface area contributed by atoms with Gasteiger partial charge in [-0.05, 0) is 24.3 Å². The molecule has 0 amide bonds. The molecule has 1 aliphatic rings. The fraction of sp³-hybridized carbons (Fsp3) is 0.346. The van der Waals surface area contributed by atoms with Crippen molar-refractivity contribution in [1.29, 1.82) is 0 Å². The summed E-state index contributed by atoms with van der Waals surface area (Å²) in [5.74, 6) is -2.76. The fourth-order valence-corrected chi connectivity index (χ4v) is 5.49. The van der Waals surface area contributed by atoms with Gasteiger partial charge in [0.1, 0.15) is 30.3 Å². The van der Waals surface area contributed by atoms with Crippen molar-refractivity contribution in [3.8, 4) is 11.3 Å². The maximum absolute atomic E-state index is 13.9. The Balaban J connectivity index is 1.82. The molecule has 0 spiro atoms. The van der Waals surface area contributed by atoms with E-state index in [0.29, 0.717) is 5.56 Å². The van der Waals surface area contributed by atoms with Crippen molar-refractivity contribution in [3.63, 3.8) is 0 Å². The molecule has 0 saturated carbocycles. The zero-order valence-corrected chi connectivity index (χ0v) is 23.0. The molecule has 2 heterocycles. The van der Waals surface area contributed by atoms with Crippen LogP contribution in [0.4, 0.5) is 4.39 Å². The minimum absolute atomic E-state index is 0.102. The van der Waals surface area contributed by atoms with Crippen LogP contribution in [0, 0.1) is 5.82 Å². The first kappa shape index (κ1) is 29.8. The molecule has 2 aromatic carbocycles. The van der Waals surface area contributed by atoms with Crippen LogP contribution in [0.25, 0.3) is 11.3 Å². The Bertz CT molecular complexity index is 1520. The number of carbonyl (C=O) groups is 3. The predicted molar refractivity (Wildman–Crippen MR) is 138 cm³/mol. The van der Waals surface area contributed by atoms with Crippen LogP contribution < -0.4 is 4.72 Å². The molecule has 1 saturated heterocycles. The van der Waals surface area contributed by atoms with Crippen molar-refractivity contribution >= 4 is 27.9 Å². The summed E-state index contributed by atoms with van der Waals surface area (Å²) in [6.07, 6.45) is -4.20. The lowest BCUT2D eigenvalue weighted by Gasteiger charge is -2.44. The molecule has 4 rings (SSSR count). The molecule has 13 nitrogen and oxygen atoms in total. The molecule has 1 fully saturated rings. The van der Waals surface area contributed by atoms with Crippen LogP contribution in [0.5, 0.6) is 0 Å². The number of aromatic nitrogens is 3. The van der Waals surface area contributed by atoms with Gasteiger partial charge in [0, 0.05) is 26.3 Å². The number of ether oxygens (including phenoxy) is 4. The lowest BCUT2D eigenvalue weighted by Crippen LogP contribution is -2.63. The van der Waals surface area contributed by atoms with E-state index in [-0.39, 0.29) is 10.6 Å². The van der Waals surface area contributed by atoms with Gasteiger partial charge in [-0.2, -0.15) is 4.72 Å². The molecule has 2 unspecified atom stereocenters. The molecule has 5 atom stereocenters. The third kappa shape index (κ3) is 7.31. The van der Waals surface area contributed by atoms with E-state index in [4.69, 9.17) is 18.9 Å². The Kier molecular flexibility index (Phi) is 9.10. The Morgan fingerprint density at radius 1 is 0.976 bits per heavy atom. The van der Waals surface area contributed by atoms with E-state index >= 15 is 0 Å². The predicted octanol–water partition coefficient (Wildman–Crippen LogP) is 1.76. The first-order chi connectivity index (χ1) is 19.4. The Morgan fingerprint density at radius 3 is 2.29 bits per heavy atom. The van der Waals surface area contributed by atoms with Gasteiger partial charge < -0.3 is 18.9 Å². The molecule has 0 radical (unpaired) electrons. The van der Waals surface area contributed by atoms with Crippen LogP contribution >= 0.6 is 0 Å². The maximum Gasteiger partial charge on any atom is 0.303 e. The van der Waals surface area contributed by atoms with Crippen LogP contribution in [-0.2, 0) is 43.4 Å². The molecule has 0 aliphatic carbocycles. The third-order valence-corrected chi connectivity index (χ3v) is 7.41. The van der Waals surface area contributed by atoms with Crippen LogP contribution in [0.1, 0.15) is 26.8 Å². The van der Waals surface area contributed by atoms with Gasteiger partial charge in [-0.15, -0.1) is 5.10 Å². The monoisotopic (exact) mass is 590 g/mol. The van der Waals surface area contributed by atoms with Gasteiger partial charge in [0.15, 0.2) is 18.4 Å². The van der Waals surface area contributed by atoms with Gasteiger partial charge in [-0.1, -0.05) is 35.5 Å². The molecule has 1 aromatic heterocycles. The number of halogens is 1. The van der Waals surface area contributed by atoms with Crippen LogP contribution in [0.15, 0.2) is 65.7 Å². The topological polar surface area (TPSA) is 165 Å². The highest BCUT2D eigenvalue weighted by molar-refractivity contribution is 7.89. The highest BCUT2D eigenvalue weighted by Gasteiger charge is 2.52. The first-order valence-electron chi connectivity index (χ1n) is 12.3. The number of nitrogens with zero attached hydrogens (tertiary/aromatic N) is 3. The summed E-state index contributed by atoms with van der Waals surface area (Å²) in [6.45, 7) is 2.93. The molecule has 218 valence electrons. The number of sulfonamides is 1. The number of hydrogen-bond acceptors (Lipinski definition) is 11. The summed E-state index contributed by atoms with van der Waals surface area (Å²) in [6, 6.07) is 11.7. The van der Waals surface area contributed by atoms with Crippen molar-refractivity contribution in [1.82, 2.24) is 19.7 Å². The number of hydrogen-bond donors (Lipinski definition) is 1. The summed E-state index contributed by atoms with van der Waals surface area (Å²) in [7, 11) is -4.24. The number of nitrogens with one attached hydrogen (secondary N) is 1. The maximum atomic E-state index is 13.9. The van der Waals surface area contributed by atoms with Gasteiger partial charge in [0.2, 0.25) is 10.0 Å². The minimum atomic E-state index is -4.24. The van der Waals surface area contributed by atoms with E-state index in [2.05, 4.69) is 15.0 Å². The van der Waals surface area contributed by atoms with Gasteiger partial charge >= 0.3 is 17.9 Å². The minimum Gasteiger partial charge on any atom is -0.463 e. The molecule has 0 bridgehead atoms. The van der Waals surface area contributed by atoms with E-state index in [9.17, 15) is 27.2 Å². The molecule has 15 heteroatoms. The van der Waals surface area contributed by atoms with Gasteiger partial charge in [-0.3, -0.25) is 14.4 Å². The van der Waals surface area contributed by atoms with Crippen LogP contribution in [0.2, 0.25) is 0 Å². The molecular formula is C26H27FN4O9S. The number of esters is 3. The van der Waals surface area contributed by atoms with Crippen LogP contribution in [0.3, 0.4) is 0 Å². The summed E-state index contributed by atoms with van der Waals surface area (Å²) in [4.78, 5) is 35.9. The highest BCUT2D eigenvalue weighted by Crippen LogP contribution is 2.35. The van der Waals surface area contributed by atoms with Gasteiger partial charge in [-0.25, -0.2) is 17.5 Å². The average molecular weight is 591 g/mol. The smallest absolute Gasteiger partial charge is 0.303 e. The number of rotatable bonds is 9. The van der Waals surface area contributed by atoms with Crippen molar-refractivity contribution in [2.75, 3.05) is 6.61 Å². The summed E-state index contributed by atoms with van der Waals surface area (Å²) < 4.78 is 66.1. The lowest BCUT2D eigenvalue weighted by molar-refractivity contribution is -0.231. The van der Waals surface area contributed by atoms with E-state index < -0.39 is 70.9 Å². The normalized spacial score (nSPS) is 22.5. The standard InChI is InChI=1S/C26H27FN4O9S/c1-15(32)37-14-22-24(38-16(2)33)23(31-13-21(28-30-31)18-8-7-9-19(27)12-18)25(39-17(3)34)26(40-22)29-41(35,36)20-10-5-4-6-11-20/h4-13,22-26,29H,14H2,1-3H3/t22?,23?,24-,25-,26+/m0/s1. The van der Waals surface area contributed by atoms with E-state index in [0.717, 1.165) is 20.8 Å². The Labute approximate surface area is 234 Å². The zero-order chi connectivity index (χ0) is 29.7. The Hall–Kier alpha value is -4.21. The Morgan fingerprint density at radius 2 is 1.66 bits per heavy atom. The lowest BCUT2D eigenvalue weighted by atomic mass is 9.95. The molecular weight excluding hydrogens is 563 g/mol. The highest BCUT2D eigenvalue weighted by atomic mass is 32.2. The van der Waals surface area contributed by atoms with E-state index in [1.54, 1.807) is 12.1 Å². The van der Waals surface area contributed by atoms with Crippen molar-refractivity contribution in [2.24, 2.45) is 0 Å². The van der Waals surface area contributed by atoms with Crippen molar-refractivity contribution in [3.05, 3.63) is 66.6 Å². The quantitative estimate of drug-likeness (QED) is 0.285. The molecule has 41 heavy (non-hydrogen) atoms. The molecule has 3 aromatic rings. The van der Waals surface area contributed by atoms with Crippen molar-refractivity contribution in [2.45, 2.75) is 56.2 Å². The second-order valence-electron chi connectivity index (χ2n) is 9.06.